The molecule has 0 amide bonds. The number of ether oxygens (including phenoxy) is 2. The number of hydrogen-bond donors (Lipinski definition) is 1. The molecule has 2 fully saturated rings. The second-order valence-electron chi connectivity index (χ2n) is 6.11. The van der Waals surface area contributed by atoms with Crippen LogP contribution in [0.4, 0.5) is 4.39 Å². The van der Waals surface area contributed by atoms with E-state index >= 15 is 0 Å². The van der Waals surface area contributed by atoms with Gasteiger partial charge in [0.05, 0.1) is 24.8 Å². The molecule has 5 atom stereocenters. The summed E-state index contributed by atoms with van der Waals surface area (Å²) in [4.78, 5) is 4.17. The lowest BCUT2D eigenvalue weighted by atomic mass is 9.94. The van der Waals surface area contributed by atoms with E-state index in [1.165, 1.54) is 6.07 Å². The quantitative estimate of drug-likeness (QED) is 0.844. The van der Waals surface area contributed by atoms with Gasteiger partial charge in [-0.05, 0) is 18.6 Å². The molecule has 0 unspecified atom stereocenters. The zero-order chi connectivity index (χ0) is 16.5. The van der Waals surface area contributed by atoms with E-state index in [2.05, 4.69) is 17.1 Å². The summed E-state index contributed by atoms with van der Waals surface area (Å²) in [6.45, 7) is 2.00. The average molecular weight is 312 g/mol. The number of nitrogens with two attached hydrogens (primary N) is 1. The molecule has 3 aliphatic rings. The molecule has 1 aromatic carbocycles. The fourth-order valence-electron chi connectivity index (χ4n) is 4.04. The summed E-state index contributed by atoms with van der Waals surface area (Å²) >= 11 is 0. The minimum atomic E-state index is -1.64. The standard InChI is InChI=1S/C16H13FN4O2/c1-9-6-22-16(23-9)15(8-19)12(10-4-2-3-5-11(10)17)14(15,7-18)13(20)21-16/h2-5,9,12H,6H2,1H3,(H2,20,21)/t9-,12+,14+,15+,16+/m0/s1. The van der Waals surface area contributed by atoms with Crippen molar-refractivity contribution in [1.29, 1.82) is 10.5 Å². The number of hydrogen-bond acceptors (Lipinski definition) is 6. The Balaban J connectivity index is 1.95. The van der Waals surface area contributed by atoms with Gasteiger partial charge in [0.25, 0.3) is 5.91 Å². The topological polar surface area (TPSA) is 104 Å². The molecule has 1 aliphatic carbocycles. The molecule has 1 aromatic rings. The van der Waals surface area contributed by atoms with Crippen LogP contribution in [0.15, 0.2) is 29.3 Å². The van der Waals surface area contributed by atoms with Crippen molar-refractivity contribution in [3.8, 4) is 12.1 Å². The zero-order valence-electron chi connectivity index (χ0n) is 12.3. The van der Waals surface area contributed by atoms with Crippen molar-refractivity contribution in [1.82, 2.24) is 0 Å². The van der Waals surface area contributed by atoms with Crippen molar-refractivity contribution in [2.24, 2.45) is 21.6 Å². The highest BCUT2D eigenvalue weighted by molar-refractivity contribution is 6.00. The molecule has 7 heteroatoms. The van der Waals surface area contributed by atoms with Crippen LogP contribution in [0.1, 0.15) is 18.4 Å². The number of halogens is 1. The summed E-state index contributed by atoms with van der Waals surface area (Å²) in [5.74, 6) is -2.96. The van der Waals surface area contributed by atoms with Crippen molar-refractivity contribution in [2.45, 2.75) is 24.9 Å². The summed E-state index contributed by atoms with van der Waals surface area (Å²) in [5, 5.41) is 19.7. The molecule has 1 spiro atoms. The van der Waals surface area contributed by atoms with Crippen molar-refractivity contribution in [2.75, 3.05) is 6.61 Å². The maximum atomic E-state index is 14.3. The number of benzene rings is 1. The monoisotopic (exact) mass is 312 g/mol. The van der Waals surface area contributed by atoms with Crippen LogP contribution in [0.2, 0.25) is 0 Å². The van der Waals surface area contributed by atoms with E-state index in [9.17, 15) is 14.9 Å². The van der Waals surface area contributed by atoms with Crippen LogP contribution in [0.3, 0.4) is 0 Å². The second-order valence-corrected chi connectivity index (χ2v) is 6.11. The van der Waals surface area contributed by atoms with E-state index in [1.54, 1.807) is 25.1 Å². The normalized spacial score (nSPS) is 43.6. The van der Waals surface area contributed by atoms with Gasteiger partial charge in [0.15, 0.2) is 5.41 Å². The molecule has 116 valence electrons. The number of amidine groups is 1. The summed E-state index contributed by atoms with van der Waals surface area (Å²) in [5.41, 5.74) is 3.33. The third kappa shape index (κ3) is 1.28. The van der Waals surface area contributed by atoms with Crippen LogP contribution in [-0.4, -0.2) is 24.5 Å². The Bertz CT molecular complexity index is 828. The third-order valence-electron chi connectivity index (χ3n) is 5.02. The van der Waals surface area contributed by atoms with Crippen LogP contribution in [0.25, 0.3) is 0 Å². The lowest BCUT2D eigenvalue weighted by Crippen LogP contribution is -2.39. The van der Waals surface area contributed by atoms with Gasteiger partial charge in [0.2, 0.25) is 0 Å². The van der Waals surface area contributed by atoms with Crippen LogP contribution in [-0.2, 0) is 9.47 Å². The van der Waals surface area contributed by atoms with E-state index < -0.39 is 28.5 Å². The molecular weight excluding hydrogens is 299 g/mol. The van der Waals surface area contributed by atoms with Gasteiger partial charge >= 0.3 is 0 Å². The van der Waals surface area contributed by atoms with Gasteiger partial charge in [-0.15, -0.1) is 0 Å². The first-order valence-electron chi connectivity index (χ1n) is 7.23. The number of nitriles is 2. The van der Waals surface area contributed by atoms with Gasteiger partial charge < -0.3 is 15.2 Å². The van der Waals surface area contributed by atoms with E-state index in [-0.39, 0.29) is 24.1 Å². The molecular formula is C16H13FN4O2. The van der Waals surface area contributed by atoms with E-state index in [0.717, 1.165) is 0 Å². The highest BCUT2D eigenvalue weighted by Crippen LogP contribution is 2.82. The van der Waals surface area contributed by atoms with Crippen LogP contribution >= 0.6 is 0 Å². The second kappa shape index (κ2) is 4.08. The van der Waals surface area contributed by atoms with Crippen LogP contribution < -0.4 is 5.73 Å². The Morgan fingerprint density at radius 3 is 2.65 bits per heavy atom. The highest BCUT2D eigenvalue weighted by atomic mass is 19.1. The number of fused-ring (bicyclic) bond motifs is 2. The summed E-state index contributed by atoms with van der Waals surface area (Å²) in [6, 6.07) is 10.3. The van der Waals surface area contributed by atoms with Crippen molar-refractivity contribution < 1.29 is 13.9 Å². The van der Waals surface area contributed by atoms with Crippen LogP contribution in [0.5, 0.6) is 0 Å². The Morgan fingerprint density at radius 1 is 1.35 bits per heavy atom. The number of nitrogens with zero attached hydrogens (tertiary/aromatic N) is 3. The van der Waals surface area contributed by atoms with E-state index in [0.29, 0.717) is 0 Å². The zero-order valence-corrected chi connectivity index (χ0v) is 12.3. The molecule has 2 heterocycles. The predicted molar refractivity (Wildman–Crippen MR) is 76.1 cm³/mol. The maximum Gasteiger partial charge on any atom is 0.293 e. The van der Waals surface area contributed by atoms with Gasteiger partial charge in [0, 0.05) is 5.92 Å². The number of aliphatic imine (C=N–C) groups is 1. The number of rotatable bonds is 1. The summed E-state index contributed by atoms with van der Waals surface area (Å²) in [6.07, 6.45) is -0.298. The largest absolute Gasteiger partial charge is 0.386 e. The molecule has 4 rings (SSSR count). The van der Waals surface area contributed by atoms with E-state index in [1.807, 2.05) is 0 Å². The van der Waals surface area contributed by atoms with Gasteiger partial charge in [-0.3, -0.25) is 0 Å². The Hall–Kier alpha value is -2.48. The van der Waals surface area contributed by atoms with E-state index in [4.69, 9.17) is 15.2 Å². The molecule has 23 heavy (non-hydrogen) atoms. The first-order chi connectivity index (χ1) is 11.0. The van der Waals surface area contributed by atoms with Crippen molar-refractivity contribution in [3.05, 3.63) is 35.6 Å². The lowest BCUT2D eigenvalue weighted by molar-refractivity contribution is -0.193. The summed E-state index contributed by atoms with van der Waals surface area (Å²) < 4.78 is 25.7. The SMILES string of the molecule is C[C@H]1CO[C@@]2(N=C(N)[C@@]3(C#N)[C@@H](c4ccccc4F)[C@@]23C#N)O1. The average Bonchev–Trinajstić information content (AvgIpc) is 2.91. The molecule has 0 bridgehead atoms. The lowest BCUT2D eigenvalue weighted by Gasteiger charge is -2.26. The first-order valence-corrected chi connectivity index (χ1v) is 7.23. The Morgan fingerprint density at radius 2 is 2.09 bits per heavy atom. The fourth-order valence-corrected chi connectivity index (χ4v) is 4.04. The Labute approximate surface area is 131 Å². The summed E-state index contributed by atoms with van der Waals surface area (Å²) in [7, 11) is 0. The molecule has 0 radical (unpaired) electrons. The van der Waals surface area contributed by atoms with Crippen molar-refractivity contribution >= 4 is 5.84 Å². The van der Waals surface area contributed by atoms with Crippen LogP contribution in [0, 0.1) is 39.3 Å². The van der Waals surface area contributed by atoms with Crippen molar-refractivity contribution in [3.63, 3.8) is 0 Å². The highest BCUT2D eigenvalue weighted by Gasteiger charge is 2.94. The molecule has 6 nitrogen and oxygen atoms in total. The molecule has 1 saturated heterocycles. The minimum Gasteiger partial charge on any atom is -0.386 e. The predicted octanol–water partition coefficient (Wildman–Crippen LogP) is 1.40. The molecule has 2 N–H and O–H groups in total. The first kappa shape index (κ1) is 14.1. The maximum absolute atomic E-state index is 14.3. The van der Waals surface area contributed by atoms with Gasteiger partial charge in [-0.25, -0.2) is 9.38 Å². The van der Waals surface area contributed by atoms with Gasteiger partial charge in [-0.1, -0.05) is 18.2 Å². The molecule has 0 aromatic heterocycles. The Kier molecular flexibility index (Phi) is 2.51. The minimum absolute atomic E-state index is 0.0381. The smallest absolute Gasteiger partial charge is 0.293 e. The fraction of sp³-hybridized carbons (Fsp3) is 0.438. The third-order valence-corrected chi connectivity index (χ3v) is 5.02. The van der Waals surface area contributed by atoms with Gasteiger partial charge in [0.1, 0.15) is 17.1 Å². The molecule has 2 aliphatic heterocycles. The molecule has 1 saturated carbocycles. The van der Waals surface area contributed by atoms with Gasteiger partial charge in [-0.2, -0.15) is 10.5 Å².